The van der Waals surface area contributed by atoms with Crippen molar-refractivity contribution in [2.75, 3.05) is 13.1 Å². The lowest BCUT2D eigenvalue weighted by Gasteiger charge is -2.31. The van der Waals surface area contributed by atoms with Gasteiger partial charge in [-0.05, 0) is 61.1 Å². The Morgan fingerprint density at radius 2 is 1.64 bits per heavy atom. The number of para-hydroxylation sites is 1. The van der Waals surface area contributed by atoms with E-state index in [1.54, 1.807) is 0 Å². The molecule has 1 aliphatic heterocycles. The fourth-order valence-corrected chi connectivity index (χ4v) is 6.67. The summed E-state index contributed by atoms with van der Waals surface area (Å²) in [6.07, 6.45) is -3.30. The van der Waals surface area contributed by atoms with Crippen LogP contribution in [0.3, 0.4) is 0 Å². The maximum atomic E-state index is 13.6. The average Bonchev–Trinajstić information content (AvgIpc) is 2.96. The fraction of sp³-hybridized carbons (Fsp3) is 0.250. The largest absolute Gasteiger partial charge is 0.493 e. The highest BCUT2D eigenvalue weighted by Gasteiger charge is 2.42. The molecule has 2 heterocycles. The van der Waals surface area contributed by atoms with Crippen molar-refractivity contribution < 1.29 is 31.2 Å². The molecule has 0 spiro atoms. The number of carbonyl (C=O) groups is 1. The lowest BCUT2D eigenvalue weighted by molar-refractivity contribution is -0.199. The molecule has 0 radical (unpaired) electrons. The van der Waals surface area contributed by atoms with Crippen LogP contribution in [0, 0.1) is 11.3 Å². The Labute approximate surface area is 242 Å². The Hall–Kier alpha value is -3.94. The number of nitrogens with one attached hydrogen (secondary N) is 1. The second kappa shape index (κ2) is 11.4. The summed E-state index contributed by atoms with van der Waals surface area (Å²) >= 11 is 6.34. The van der Waals surface area contributed by atoms with Gasteiger partial charge in [-0.3, -0.25) is 5.41 Å². The zero-order valence-corrected chi connectivity index (χ0v) is 23.4. The fourth-order valence-electron chi connectivity index (χ4n) is 4.98. The van der Waals surface area contributed by atoms with Crippen molar-refractivity contribution in [1.82, 2.24) is 13.6 Å². The molecule has 3 aromatic carbocycles. The molecule has 1 saturated heterocycles. The lowest BCUT2D eigenvalue weighted by Crippen LogP contribution is -2.45. The van der Waals surface area contributed by atoms with Gasteiger partial charge >= 0.3 is 17.8 Å². The SMILES string of the molecule is N=c1c2ccccc2n(OC(=O)C(F)(F)F)c(=O)n1-c1cc(S(=O)(=O)N2CCC(Cc3ccccc3)CC2)ccc1Cl. The molecule has 1 fully saturated rings. The number of aromatic nitrogens is 2. The van der Waals surface area contributed by atoms with Gasteiger partial charge in [0.2, 0.25) is 10.0 Å². The molecule has 1 N–H and O–H groups in total. The van der Waals surface area contributed by atoms with Gasteiger partial charge in [-0.1, -0.05) is 54.1 Å². The topological polar surface area (TPSA) is 114 Å². The van der Waals surface area contributed by atoms with Crippen LogP contribution < -0.4 is 16.0 Å². The summed E-state index contributed by atoms with van der Waals surface area (Å²) in [6, 6.07) is 18.8. The van der Waals surface area contributed by atoms with Crippen molar-refractivity contribution >= 4 is 38.5 Å². The predicted molar refractivity (Wildman–Crippen MR) is 148 cm³/mol. The van der Waals surface area contributed by atoms with Gasteiger partial charge in [-0.15, -0.1) is 4.73 Å². The number of hydrogen-bond acceptors (Lipinski definition) is 6. The van der Waals surface area contributed by atoms with Crippen LogP contribution >= 0.6 is 11.6 Å². The van der Waals surface area contributed by atoms with Gasteiger partial charge in [0.05, 0.1) is 21.1 Å². The first-order valence-corrected chi connectivity index (χ1v) is 14.6. The Kier molecular flexibility index (Phi) is 8.01. The molecule has 5 rings (SSSR count). The number of fused-ring (bicyclic) bond motifs is 1. The predicted octanol–water partition coefficient (Wildman–Crippen LogP) is 4.09. The van der Waals surface area contributed by atoms with Gasteiger partial charge in [0.25, 0.3) is 0 Å². The van der Waals surface area contributed by atoms with Crippen molar-refractivity contribution in [3.63, 3.8) is 0 Å². The van der Waals surface area contributed by atoms with Crippen LogP contribution in [0.5, 0.6) is 0 Å². The maximum Gasteiger partial charge on any atom is 0.493 e. The van der Waals surface area contributed by atoms with Crippen LogP contribution in [0.1, 0.15) is 18.4 Å². The minimum atomic E-state index is -5.41. The van der Waals surface area contributed by atoms with E-state index in [0.717, 1.165) is 12.5 Å². The van der Waals surface area contributed by atoms with Gasteiger partial charge in [0.15, 0.2) is 0 Å². The van der Waals surface area contributed by atoms with Gasteiger partial charge in [-0.2, -0.15) is 17.5 Å². The van der Waals surface area contributed by atoms with E-state index in [-0.39, 0.29) is 44.3 Å². The summed E-state index contributed by atoms with van der Waals surface area (Å²) in [5, 5.41) is 8.41. The number of carbonyl (C=O) groups excluding carboxylic acids is 1. The highest BCUT2D eigenvalue weighted by atomic mass is 35.5. The van der Waals surface area contributed by atoms with E-state index >= 15 is 0 Å². The molecule has 1 aliphatic rings. The molecule has 9 nitrogen and oxygen atoms in total. The summed E-state index contributed by atoms with van der Waals surface area (Å²) in [4.78, 5) is 29.2. The second-order valence-electron chi connectivity index (χ2n) is 9.81. The Balaban J connectivity index is 1.51. The summed E-state index contributed by atoms with van der Waals surface area (Å²) in [5.74, 6) is -2.35. The third kappa shape index (κ3) is 5.72. The Morgan fingerprint density at radius 1 is 1.00 bits per heavy atom. The minimum Gasteiger partial charge on any atom is -0.323 e. The molecular formula is C28H24ClF3N4O5S. The number of halogens is 4. The van der Waals surface area contributed by atoms with Crippen LogP contribution in [-0.2, 0) is 21.2 Å². The molecule has 0 amide bonds. The maximum absolute atomic E-state index is 13.6. The monoisotopic (exact) mass is 620 g/mol. The molecule has 0 atom stereocenters. The summed E-state index contributed by atoms with van der Waals surface area (Å²) in [7, 11) is -4.07. The molecule has 0 unspecified atom stereocenters. The molecule has 4 aromatic rings. The zero-order chi connectivity index (χ0) is 30.2. The van der Waals surface area contributed by atoms with E-state index in [9.17, 15) is 31.2 Å². The van der Waals surface area contributed by atoms with Crippen molar-refractivity contribution in [2.45, 2.75) is 30.3 Å². The van der Waals surface area contributed by atoms with Gasteiger partial charge in [0, 0.05) is 18.5 Å². The number of piperidine rings is 1. The Morgan fingerprint density at radius 3 is 2.31 bits per heavy atom. The molecular weight excluding hydrogens is 597 g/mol. The van der Waals surface area contributed by atoms with E-state index in [1.165, 1.54) is 46.3 Å². The molecule has 0 bridgehead atoms. The minimum absolute atomic E-state index is 0.0584. The standard InChI is InChI=1S/C28H24ClF3N4O5S/c29-22-11-10-20(42(39,40)34-14-12-19(13-15-34)16-18-6-2-1-3-7-18)17-24(22)35-25(33)21-8-4-5-9-23(21)36(27(35)38)41-26(37)28(30,31)32/h1-11,17,19,33H,12-16H2. The van der Waals surface area contributed by atoms with Gasteiger partial charge < -0.3 is 4.84 Å². The molecule has 42 heavy (non-hydrogen) atoms. The molecule has 0 saturated carbocycles. The molecule has 220 valence electrons. The van der Waals surface area contributed by atoms with Crippen molar-refractivity contribution in [1.29, 1.82) is 5.41 Å². The van der Waals surface area contributed by atoms with E-state index in [1.807, 2.05) is 30.3 Å². The molecule has 14 heteroatoms. The second-order valence-corrected chi connectivity index (χ2v) is 12.2. The number of nitrogens with zero attached hydrogens (tertiary/aromatic N) is 3. The number of benzene rings is 3. The first kappa shape index (κ1) is 29.5. The third-order valence-corrected chi connectivity index (χ3v) is 9.32. The smallest absolute Gasteiger partial charge is 0.323 e. The van der Waals surface area contributed by atoms with Crippen LogP contribution in [0.15, 0.2) is 82.5 Å². The molecule has 1 aromatic heterocycles. The average molecular weight is 621 g/mol. The summed E-state index contributed by atoms with van der Waals surface area (Å²) < 4.78 is 68.2. The van der Waals surface area contributed by atoms with Crippen LogP contribution in [0.25, 0.3) is 16.6 Å². The summed E-state index contributed by atoms with van der Waals surface area (Å²) in [5.41, 5.74) is -1.26. The number of rotatable bonds is 6. The number of hydrogen-bond donors (Lipinski definition) is 1. The summed E-state index contributed by atoms with van der Waals surface area (Å²) in [6.45, 7) is 0.537. The van der Waals surface area contributed by atoms with Crippen LogP contribution in [0.2, 0.25) is 5.02 Å². The van der Waals surface area contributed by atoms with Gasteiger partial charge in [0.1, 0.15) is 5.49 Å². The highest BCUT2D eigenvalue weighted by molar-refractivity contribution is 7.89. The van der Waals surface area contributed by atoms with E-state index in [2.05, 4.69) is 4.84 Å². The van der Waals surface area contributed by atoms with Crippen LogP contribution in [0.4, 0.5) is 13.2 Å². The van der Waals surface area contributed by atoms with Crippen molar-refractivity contribution in [3.05, 3.63) is 99.4 Å². The number of sulfonamides is 1. The number of alkyl halides is 3. The van der Waals surface area contributed by atoms with E-state index < -0.39 is 33.3 Å². The van der Waals surface area contributed by atoms with E-state index in [0.29, 0.717) is 23.3 Å². The van der Waals surface area contributed by atoms with Crippen molar-refractivity contribution in [3.8, 4) is 5.69 Å². The van der Waals surface area contributed by atoms with E-state index in [4.69, 9.17) is 17.0 Å². The highest BCUT2D eigenvalue weighted by Crippen LogP contribution is 2.29. The quantitative estimate of drug-likeness (QED) is 0.349. The van der Waals surface area contributed by atoms with Gasteiger partial charge in [-0.25, -0.2) is 22.6 Å². The first-order valence-electron chi connectivity index (χ1n) is 12.8. The van der Waals surface area contributed by atoms with Crippen LogP contribution in [-0.4, -0.2) is 47.3 Å². The zero-order valence-electron chi connectivity index (χ0n) is 21.8. The lowest BCUT2D eigenvalue weighted by atomic mass is 9.91. The van der Waals surface area contributed by atoms with Crippen molar-refractivity contribution in [2.24, 2.45) is 5.92 Å². The normalized spacial score (nSPS) is 15.1. The first-order chi connectivity index (χ1) is 19.9. The third-order valence-electron chi connectivity index (χ3n) is 7.11. The molecule has 0 aliphatic carbocycles. The Bertz CT molecular complexity index is 1880.